The maximum atomic E-state index is 4.47. The Morgan fingerprint density at radius 2 is 2.00 bits per heavy atom. The molecule has 1 aliphatic rings. The highest BCUT2D eigenvalue weighted by molar-refractivity contribution is 5.80. The molecule has 1 N–H and O–H groups in total. The van der Waals surface area contributed by atoms with E-state index in [4.69, 9.17) is 0 Å². The lowest BCUT2D eigenvalue weighted by atomic mass is 10.2. The van der Waals surface area contributed by atoms with Gasteiger partial charge in [-0.2, -0.15) is 0 Å². The zero-order chi connectivity index (χ0) is 11.8. The molecule has 0 aliphatic carbocycles. The van der Waals surface area contributed by atoms with Crippen LogP contribution >= 0.6 is 0 Å². The minimum absolute atomic E-state index is 0.237. The van der Waals surface area contributed by atoms with Crippen LogP contribution in [0.1, 0.15) is 12.5 Å². The number of nitrogens with one attached hydrogen (secondary N) is 1. The number of aryl methyl sites for hydroxylation is 1. The van der Waals surface area contributed by atoms with Gasteiger partial charge in [-0.1, -0.05) is 18.2 Å². The number of para-hydroxylation sites is 1. The van der Waals surface area contributed by atoms with Crippen LogP contribution < -0.4 is 10.2 Å². The van der Waals surface area contributed by atoms with Crippen molar-refractivity contribution in [2.45, 2.75) is 20.0 Å². The van der Waals surface area contributed by atoms with E-state index in [2.05, 4.69) is 59.4 Å². The number of aromatic nitrogens is 1. The maximum absolute atomic E-state index is 4.47. The van der Waals surface area contributed by atoms with Crippen LogP contribution in [0.15, 0.2) is 42.6 Å². The van der Waals surface area contributed by atoms with Crippen LogP contribution in [0, 0.1) is 6.92 Å². The number of hydrogen-bond acceptors (Lipinski definition) is 3. The van der Waals surface area contributed by atoms with Crippen molar-refractivity contribution in [3.63, 3.8) is 0 Å². The molecular weight excluding hydrogens is 210 g/mol. The Hall–Kier alpha value is -2.03. The summed E-state index contributed by atoms with van der Waals surface area (Å²) in [4.78, 5) is 6.71. The molecule has 2 heterocycles. The Kier molecular flexibility index (Phi) is 2.25. The zero-order valence-electron chi connectivity index (χ0n) is 10.0. The molecule has 0 spiro atoms. The van der Waals surface area contributed by atoms with Crippen molar-refractivity contribution in [3.05, 3.63) is 48.2 Å². The number of nitrogens with zero attached hydrogens (tertiary/aromatic N) is 2. The molecule has 86 valence electrons. The van der Waals surface area contributed by atoms with Gasteiger partial charge in [0.25, 0.3) is 0 Å². The molecule has 1 atom stereocenters. The Morgan fingerprint density at radius 3 is 2.82 bits per heavy atom. The minimum Gasteiger partial charge on any atom is -0.362 e. The van der Waals surface area contributed by atoms with Crippen LogP contribution in [-0.4, -0.2) is 11.1 Å². The minimum atomic E-state index is 0.237. The molecule has 3 rings (SSSR count). The molecule has 2 aromatic rings. The number of benzene rings is 1. The Bertz CT molecular complexity index is 551. The third kappa shape index (κ3) is 1.55. The lowest BCUT2D eigenvalue weighted by Crippen LogP contribution is -2.29. The van der Waals surface area contributed by atoms with E-state index in [0.29, 0.717) is 0 Å². The van der Waals surface area contributed by atoms with E-state index in [1.165, 1.54) is 11.3 Å². The van der Waals surface area contributed by atoms with Crippen LogP contribution in [0.25, 0.3) is 0 Å². The molecular formula is C14H15N3. The second kappa shape index (κ2) is 3.77. The summed E-state index contributed by atoms with van der Waals surface area (Å²) < 4.78 is 0. The number of rotatable bonds is 1. The number of hydrogen-bond donors (Lipinski definition) is 1. The van der Waals surface area contributed by atoms with E-state index in [1.807, 2.05) is 12.3 Å². The molecule has 0 saturated heterocycles. The smallest absolute Gasteiger partial charge is 0.158 e. The monoisotopic (exact) mass is 225 g/mol. The van der Waals surface area contributed by atoms with Gasteiger partial charge in [-0.05, 0) is 37.6 Å². The Balaban J connectivity index is 2.13. The summed E-state index contributed by atoms with van der Waals surface area (Å²) in [5.41, 5.74) is 3.58. The summed E-state index contributed by atoms with van der Waals surface area (Å²) in [6, 6.07) is 12.4. The van der Waals surface area contributed by atoms with E-state index in [9.17, 15) is 0 Å². The molecule has 0 radical (unpaired) electrons. The molecule has 3 nitrogen and oxygen atoms in total. The van der Waals surface area contributed by atoms with E-state index in [0.717, 1.165) is 11.5 Å². The molecule has 3 heteroatoms. The molecule has 1 unspecified atom stereocenters. The first-order chi connectivity index (χ1) is 8.27. The first kappa shape index (κ1) is 10.1. The summed E-state index contributed by atoms with van der Waals surface area (Å²) in [6.07, 6.45) is 2.07. The first-order valence-corrected chi connectivity index (χ1v) is 5.84. The van der Waals surface area contributed by atoms with Crippen molar-refractivity contribution >= 4 is 17.2 Å². The topological polar surface area (TPSA) is 28.2 Å². The molecule has 0 fully saturated rings. The number of fused-ring (bicyclic) bond motifs is 1. The zero-order valence-corrected chi connectivity index (χ0v) is 10.0. The summed E-state index contributed by atoms with van der Waals surface area (Å²) in [5.74, 6) is 1.01. The average molecular weight is 225 g/mol. The summed E-state index contributed by atoms with van der Waals surface area (Å²) in [5, 5.41) is 3.44. The van der Waals surface area contributed by atoms with Crippen LogP contribution in [0.3, 0.4) is 0 Å². The molecule has 0 amide bonds. The average Bonchev–Trinajstić information content (AvgIpc) is 2.66. The summed E-state index contributed by atoms with van der Waals surface area (Å²) in [7, 11) is 0. The Labute approximate surface area is 101 Å². The quantitative estimate of drug-likeness (QED) is 0.807. The van der Waals surface area contributed by atoms with Gasteiger partial charge in [0.2, 0.25) is 0 Å². The molecule has 0 saturated carbocycles. The van der Waals surface area contributed by atoms with Crippen molar-refractivity contribution in [1.82, 2.24) is 4.98 Å². The van der Waals surface area contributed by atoms with E-state index in [1.54, 1.807) is 0 Å². The molecule has 1 aliphatic heterocycles. The van der Waals surface area contributed by atoms with Crippen molar-refractivity contribution in [2.75, 3.05) is 10.2 Å². The van der Waals surface area contributed by atoms with E-state index in [-0.39, 0.29) is 6.17 Å². The van der Waals surface area contributed by atoms with Crippen molar-refractivity contribution in [1.29, 1.82) is 0 Å². The van der Waals surface area contributed by atoms with Gasteiger partial charge < -0.3 is 10.2 Å². The van der Waals surface area contributed by atoms with Crippen LogP contribution in [-0.2, 0) is 0 Å². The van der Waals surface area contributed by atoms with Gasteiger partial charge in [0, 0.05) is 11.9 Å². The lowest BCUT2D eigenvalue weighted by molar-refractivity contribution is 0.831. The molecule has 0 bridgehead atoms. The van der Waals surface area contributed by atoms with Crippen LogP contribution in [0.2, 0.25) is 0 Å². The maximum Gasteiger partial charge on any atom is 0.158 e. The highest BCUT2D eigenvalue weighted by atomic mass is 15.4. The normalized spacial score (nSPS) is 17.8. The third-order valence-corrected chi connectivity index (χ3v) is 3.14. The Morgan fingerprint density at radius 1 is 1.18 bits per heavy atom. The first-order valence-electron chi connectivity index (χ1n) is 5.84. The van der Waals surface area contributed by atoms with E-state index >= 15 is 0 Å². The molecule has 1 aromatic carbocycles. The largest absolute Gasteiger partial charge is 0.362 e. The highest BCUT2D eigenvalue weighted by Gasteiger charge is 2.28. The van der Waals surface area contributed by atoms with Crippen LogP contribution in [0.5, 0.6) is 0 Å². The SMILES string of the molecule is Cc1ccccc1N1c2ncccc2NC1C. The van der Waals surface area contributed by atoms with Crippen molar-refractivity contribution in [3.8, 4) is 0 Å². The molecule has 1 aromatic heterocycles. The van der Waals surface area contributed by atoms with Gasteiger partial charge in [-0.25, -0.2) is 4.98 Å². The van der Waals surface area contributed by atoms with Crippen molar-refractivity contribution in [2.24, 2.45) is 0 Å². The fraction of sp³-hybridized carbons (Fsp3) is 0.214. The van der Waals surface area contributed by atoms with Gasteiger partial charge in [-0.15, -0.1) is 0 Å². The van der Waals surface area contributed by atoms with Gasteiger partial charge >= 0.3 is 0 Å². The van der Waals surface area contributed by atoms with Crippen LogP contribution in [0.4, 0.5) is 17.2 Å². The predicted octanol–water partition coefficient (Wildman–Crippen LogP) is 3.30. The fourth-order valence-corrected chi connectivity index (χ4v) is 2.33. The van der Waals surface area contributed by atoms with Gasteiger partial charge in [0.05, 0.1) is 5.69 Å². The second-order valence-electron chi connectivity index (χ2n) is 4.35. The second-order valence-corrected chi connectivity index (χ2v) is 4.35. The van der Waals surface area contributed by atoms with Gasteiger partial charge in [0.1, 0.15) is 6.17 Å². The number of anilines is 3. The molecule has 17 heavy (non-hydrogen) atoms. The highest BCUT2D eigenvalue weighted by Crippen LogP contribution is 2.38. The van der Waals surface area contributed by atoms with Gasteiger partial charge in [0.15, 0.2) is 5.82 Å². The summed E-state index contributed by atoms with van der Waals surface area (Å²) in [6.45, 7) is 4.27. The van der Waals surface area contributed by atoms with E-state index < -0.39 is 0 Å². The third-order valence-electron chi connectivity index (χ3n) is 3.14. The standard InChI is InChI=1S/C14H15N3/c1-10-6-3-4-8-13(10)17-11(2)16-12-7-5-9-15-14(12)17/h3-9,11,16H,1-2H3. The predicted molar refractivity (Wildman–Crippen MR) is 70.6 cm³/mol. The fourth-order valence-electron chi connectivity index (χ4n) is 2.33. The van der Waals surface area contributed by atoms with Gasteiger partial charge in [-0.3, -0.25) is 0 Å². The van der Waals surface area contributed by atoms with Crippen molar-refractivity contribution < 1.29 is 0 Å². The number of pyridine rings is 1. The summed E-state index contributed by atoms with van der Waals surface area (Å²) >= 11 is 0. The lowest BCUT2D eigenvalue weighted by Gasteiger charge is -2.24.